The lowest BCUT2D eigenvalue weighted by Gasteiger charge is -2.23. The highest BCUT2D eigenvalue weighted by Crippen LogP contribution is 2.32. The lowest BCUT2D eigenvalue weighted by atomic mass is 10.2. The standard InChI is InChI=1S/C15H14FN3O2/c16-14-4-2-1-3-11(14)10-18(12-5-6-12)15-8-7-13(9-17-15)19(20)21/h1-4,7-9,12H,5-6,10H2. The average Bonchev–Trinajstić information content (AvgIpc) is 3.31. The Morgan fingerprint density at radius 3 is 2.62 bits per heavy atom. The predicted octanol–water partition coefficient (Wildman–Crippen LogP) is 3.30. The Balaban J connectivity index is 1.85. The van der Waals surface area contributed by atoms with E-state index in [1.54, 1.807) is 24.3 Å². The van der Waals surface area contributed by atoms with Crippen molar-refractivity contribution < 1.29 is 9.31 Å². The molecule has 0 spiro atoms. The average molecular weight is 287 g/mol. The van der Waals surface area contributed by atoms with Crippen molar-refractivity contribution in [1.82, 2.24) is 4.98 Å². The molecule has 1 saturated carbocycles. The van der Waals surface area contributed by atoms with Crippen molar-refractivity contribution in [3.63, 3.8) is 0 Å². The molecule has 0 radical (unpaired) electrons. The van der Waals surface area contributed by atoms with E-state index in [1.165, 1.54) is 18.3 Å². The molecule has 1 aliphatic carbocycles. The van der Waals surface area contributed by atoms with Crippen LogP contribution in [0.2, 0.25) is 0 Å². The van der Waals surface area contributed by atoms with E-state index in [4.69, 9.17) is 0 Å². The molecule has 1 heterocycles. The third-order valence-corrected chi connectivity index (χ3v) is 3.52. The van der Waals surface area contributed by atoms with E-state index in [0.717, 1.165) is 12.8 Å². The van der Waals surface area contributed by atoms with Gasteiger partial charge in [0.05, 0.1) is 4.92 Å². The number of halogens is 1. The molecule has 0 unspecified atom stereocenters. The summed E-state index contributed by atoms with van der Waals surface area (Å²) in [5.41, 5.74) is 0.560. The fourth-order valence-corrected chi connectivity index (χ4v) is 2.25. The van der Waals surface area contributed by atoms with Gasteiger partial charge in [0.15, 0.2) is 0 Å². The molecule has 21 heavy (non-hydrogen) atoms. The Morgan fingerprint density at radius 2 is 2.05 bits per heavy atom. The smallest absolute Gasteiger partial charge is 0.287 e. The number of hydrogen-bond acceptors (Lipinski definition) is 4. The number of nitro groups is 1. The summed E-state index contributed by atoms with van der Waals surface area (Å²) in [6.45, 7) is 0.419. The van der Waals surface area contributed by atoms with Crippen molar-refractivity contribution in [1.29, 1.82) is 0 Å². The van der Waals surface area contributed by atoms with E-state index in [0.29, 0.717) is 24.0 Å². The van der Waals surface area contributed by atoms with Crippen LogP contribution in [0.1, 0.15) is 18.4 Å². The van der Waals surface area contributed by atoms with Crippen LogP contribution in [0.4, 0.5) is 15.9 Å². The highest BCUT2D eigenvalue weighted by atomic mass is 19.1. The molecule has 1 aromatic carbocycles. The number of pyridine rings is 1. The third kappa shape index (κ3) is 2.99. The van der Waals surface area contributed by atoms with Crippen molar-refractivity contribution in [3.8, 4) is 0 Å². The van der Waals surface area contributed by atoms with Gasteiger partial charge in [-0.05, 0) is 25.0 Å². The number of rotatable bonds is 5. The maximum atomic E-state index is 13.8. The Kier molecular flexibility index (Phi) is 3.51. The molecule has 0 N–H and O–H groups in total. The molecule has 5 nitrogen and oxygen atoms in total. The van der Waals surface area contributed by atoms with Crippen LogP contribution in [0.3, 0.4) is 0 Å². The predicted molar refractivity (Wildman–Crippen MR) is 76.5 cm³/mol. The van der Waals surface area contributed by atoms with Gasteiger partial charge in [-0.15, -0.1) is 0 Å². The van der Waals surface area contributed by atoms with E-state index in [2.05, 4.69) is 4.98 Å². The Morgan fingerprint density at radius 1 is 1.29 bits per heavy atom. The molecule has 108 valence electrons. The van der Waals surface area contributed by atoms with Crippen molar-refractivity contribution >= 4 is 11.5 Å². The monoisotopic (exact) mass is 287 g/mol. The van der Waals surface area contributed by atoms with Gasteiger partial charge in [0.25, 0.3) is 5.69 Å². The van der Waals surface area contributed by atoms with Gasteiger partial charge in [-0.2, -0.15) is 0 Å². The first-order chi connectivity index (χ1) is 10.1. The van der Waals surface area contributed by atoms with Crippen molar-refractivity contribution in [2.24, 2.45) is 0 Å². The molecule has 1 aliphatic rings. The van der Waals surface area contributed by atoms with Crippen LogP contribution in [0, 0.1) is 15.9 Å². The molecule has 0 bridgehead atoms. The second kappa shape index (κ2) is 5.47. The summed E-state index contributed by atoms with van der Waals surface area (Å²) >= 11 is 0. The molecular formula is C15H14FN3O2. The summed E-state index contributed by atoms with van der Waals surface area (Å²) in [5, 5.41) is 10.7. The third-order valence-electron chi connectivity index (χ3n) is 3.52. The maximum absolute atomic E-state index is 13.8. The normalized spacial score (nSPS) is 14.0. The van der Waals surface area contributed by atoms with Gasteiger partial charge in [0.1, 0.15) is 17.8 Å². The molecule has 0 saturated heterocycles. The van der Waals surface area contributed by atoms with Crippen molar-refractivity contribution in [2.45, 2.75) is 25.4 Å². The summed E-state index contributed by atoms with van der Waals surface area (Å²) in [5.74, 6) is 0.399. The largest absolute Gasteiger partial charge is 0.349 e. The van der Waals surface area contributed by atoms with Crippen molar-refractivity contribution in [3.05, 3.63) is 64.1 Å². The lowest BCUT2D eigenvalue weighted by Crippen LogP contribution is -2.26. The summed E-state index contributed by atoms with van der Waals surface area (Å²) in [6, 6.07) is 10.0. The summed E-state index contributed by atoms with van der Waals surface area (Å²) < 4.78 is 13.8. The number of benzene rings is 1. The minimum Gasteiger partial charge on any atom is -0.349 e. The molecule has 2 aromatic rings. The van der Waals surface area contributed by atoms with Crippen molar-refractivity contribution in [2.75, 3.05) is 4.90 Å². The molecule has 0 atom stereocenters. The fourth-order valence-electron chi connectivity index (χ4n) is 2.25. The quantitative estimate of drug-likeness (QED) is 0.625. The Bertz CT molecular complexity index is 656. The van der Waals surface area contributed by atoms with Gasteiger partial charge in [-0.3, -0.25) is 10.1 Å². The lowest BCUT2D eigenvalue weighted by molar-refractivity contribution is -0.385. The zero-order valence-corrected chi connectivity index (χ0v) is 11.3. The zero-order chi connectivity index (χ0) is 14.8. The van der Waals surface area contributed by atoms with E-state index in [9.17, 15) is 14.5 Å². The SMILES string of the molecule is O=[N+]([O-])c1ccc(N(Cc2ccccc2F)C2CC2)nc1. The van der Waals surface area contributed by atoms with Crippen LogP contribution in [0.15, 0.2) is 42.6 Å². The molecular weight excluding hydrogens is 273 g/mol. The summed E-state index contributed by atoms with van der Waals surface area (Å²) in [6.07, 6.45) is 3.31. The first kappa shape index (κ1) is 13.5. The topological polar surface area (TPSA) is 59.3 Å². The number of nitrogens with zero attached hydrogens (tertiary/aromatic N) is 3. The number of anilines is 1. The minimum atomic E-state index is -0.477. The summed E-state index contributed by atoms with van der Waals surface area (Å²) in [4.78, 5) is 16.3. The van der Waals surface area contributed by atoms with Crippen LogP contribution in [-0.4, -0.2) is 15.9 Å². The first-order valence-corrected chi connectivity index (χ1v) is 6.75. The van der Waals surface area contributed by atoms with E-state index < -0.39 is 4.92 Å². The fraction of sp³-hybridized carbons (Fsp3) is 0.267. The van der Waals surface area contributed by atoms with Gasteiger partial charge in [0.2, 0.25) is 0 Å². The van der Waals surface area contributed by atoms with Crippen LogP contribution in [-0.2, 0) is 6.54 Å². The molecule has 0 amide bonds. The van der Waals surface area contributed by atoms with Crippen LogP contribution >= 0.6 is 0 Å². The Hall–Kier alpha value is -2.50. The molecule has 1 aromatic heterocycles. The van der Waals surface area contributed by atoms with Gasteiger partial charge in [-0.1, -0.05) is 18.2 Å². The van der Waals surface area contributed by atoms with Crippen LogP contribution in [0.5, 0.6) is 0 Å². The first-order valence-electron chi connectivity index (χ1n) is 6.75. The highest BCUT2D eigenvalue weighted by molar-refractivity contribution is 5.46. The molecule has 3 rings (SSSR count). The Labute approximate surface area is 121 Å². The molecule has 0 aliphatic heterocycles. The van der Waals surface area contributed by atoms with Crippen LogP contribution < -0.4 is 4.90 Å². The second-order valence-corrected chi connectivity index (χ2v) is 5.08. The van der Waals surface area contributed by atoms with Gasteiger partial charge >= 0.3 is 0 Å². The van der Waals surface area contributed by atoms with E-state index in [1.807, 2.05) is 4.90 Å². The molecule has 1 fully saturated rings. The maximum Gasteiger partial charge on any atom is 0.287 e. The second-order valence-electron chi connectivity index (χ2n) is 5.08. The van der Waals surface area contributed by atoms with Gasteiger partial charge < -0.3 is 4.90 Å². The number of hydrogen-bond donors (Lipinski definition) is 0. The van der Waals surface area contributed by atoms with Gasteiger partial charge in [-0.25, -0.2) is 9.37 Å². The number of aromatic nitrogens is 1. The zero-order valence-electron chi connectivity index (χ0n) is 11.3. The van der Waals surface area contributed by atoms with Gasteiger partial charge in [0, 0.05) is 24.2 Å². The minimum absolute atomic E-state index is 0.0413. The van der Waals surface area contributed by atoms with E-state index >= 15 is 0 Å². The summed E-state index contributed by atoms with van der Waals surface area (Å²) in [7, 11) is 0. The van der Waals surface area contributed by atoms with Crippen LogP contribution in [0.25, 0.3) is 0 Å². The molecule has 6 heteroatoms. The highest BCUT2D eigenvalue weighted by Gasteiger charge is 2.30. The van der Waals surface area contributed by atoms with E-state index in [-0.39, 0.29) is 11.5 Å².